The van der Waals surface area contributed by atoms with Crippen LogP contribution in [0.25, 0.3) is 10.9 Å². The van der Waals surface area contributed by atoms with Crippen molar-refractivity contribution in [1.29, 1.82) is 0 Å². The highest BCUT2D eigenvalue weighted by Crippen LogP contribution is 2.36. The lowest BCUT2D eigenvalue weighted by Gasteiger charge is -2.30. The van der Waals surface area contributed by atoms with E-state index >= 15 is 0 Å². The highest BCUT2D eigenvalue weighted by Gasteiger charge is 2.22. The van der Waals surface area contributed by atoms with E-state index in [0.717, 1.165) is 87.6 Å². The molecule has 1 N–H and O–H groups in total. The van der Waals surface area contributed by atoms with Crippen molar-refractivity contribution >= 4 is 34.3 Å². The molecule has 0 bridgehead atoms. The number of methoxy groups -OCH3 is 1. The highest BCUT2D eigenvalue weighted by molar-refractivity contribution is 6.17. The second kappa shape index (κ2) is 11.4. The number of nitrogens with one attached hydrogen (secondary N) is 1. The maximum atomic E-state index is 5.98. The minimum atomic E-state index is 0.396. The van der Waals surface area contributed by atoms with Crippen molar-refractivity contribution < 1.29 is 9.47 Å². The third-order valence-electron chi connectivity index (χ3n) is 6.57. The Bertz CT molecular complexity index is 921. The van der Waals surface area contributed by atoms with Gasteiger partial charge in [0.15, 0.2) is 11.5 Å². The summed E-state index contributed by atoms with van der Waals surface area (Å²) in [7, 11) is 6.03. The number of likely N-dealkylation sites (tertiary alicyclic amines) is 1. The average Bonchev–Trinajstić information content (AvgIpc) is 3.04. The molecule has 0 aliphatic carbocycles. The quantitative estimate of drug-likeness (QED) is 0.460. The first-order valence-electron chi connectivity index (χ1n) is 12.0. The van der Waals surface area contributed by atoms with Crippen LogP contribution in [0.3, 0.4) is 0 Å². The van der Waals surface area contributed by atoms with Crippen LogP contribution >= 0.6 is 11.6 Å². The van der Waals surface area contributed by atoms with Gasteiger partial charge in [0.1, 0.15) is 5.82 Å². The molecule has 33 heavy (non-hydrogen) atoms. The van der Waals surface area contributed by atoms with Crippen LogP contribution in [0, 0.1) is 0 Å². The second-order valence-corrected chi connectivity index (χ2v) is 9.53. The van der Waals surface area contributed by atoms with Crippen molar-refractivity contribution in [1.82, 2.24) is 19.8 Å². The minimum absolute atomic E-state index is 0.396. The molecule has 8 nitrogen and oxygen atoms in total. The molecule has 0 spiro atoms. The Morgan fingerprint density at radius 2 is 1.79 bits per heavy atom. The number of rotatable bonds is 8. The number of piperidine rings is 1. The van der Waals surface area contributed by atoms with E-state index in [1.54, 1.807) is 7.11 Å². The molecule has 2 saturated heterocycles. The van der Waals surface area contributed by atoms with Gasteiger partial charge in [0.05, 0.1) is 19.2 Å². The molecule has 3 heterocycles. The Labute approximate surface area is 202 Å². The third-order valence-corrected chi connectivity index (χ3v) is 6.83. The monoisotopic (exact) mass is 476 g/mol. The van der Waals surface area contributed by atoms with E-state index < -0.39 is 0 Å². The summed E-state index contributed by atoms with van der Waals surface area (Å²) in [6.45, 7) is 6.71. The molecule has 1 aromatic heterocycles. The van der Waals surface area contributed by atoms with Gasteiger partial charge in [-0.25, -0.2) is 4.98 Å². The molecule has 2 aliphatic heterocycles. The molecule has 2 aliphatic rings. The van der Waals surface area contributed by atoms with Gasteiger partial charge < -0.3 is 29.5 Å². The average molecular weight is 477 g/mol. The van der Waals surface area contributed by atoms with Crippen molar-refractivity contribution in [3.63, 3.8) is 0 Å². The summed E-state index contributed by atoms with van der Waals surface area (Å²) in [5.74, 6) is 3.62. The van der Waals surface area contributed by atoms with E-state index in [1.807, 2.05) is 12.1 Å². The summed E-state index contributed by atoms with van der Waals surface area (Å²) < 4.78 is 11.6. The molecule has 9 heteroatoms. The van der Waals surface area contributed by atoms with Crippen LogP contribution in [0.2, 0.25) is 0 Å². The Morgan fingerprint density at radius 1 is 1.00 bits per heavy atom. The number of hydrogen-bond donors (Lipinski definition) is 1. The standard InChI is InChI=1S/C24H37ClN6O2/c1-29-9-5-10-31(14-13-29)24-27-20-17-22(33-15-4-8-25)21(32-3)16-19(20)23(28-24)26-18-6-11-30(2)12-7-18/h16-18H,4-15H2,1-3H3,(H,26,27,28). The van der Waals surface area contributed by atoms with E-state index in [-0.39, 0.29) is 0 Å². The van der Waals surface area contributed by atoms with Crippen molar-refractivity contribution in [3.05, 3.63) is 12.1 Å². The summed E-state index contributed by atoms with van der Waals surface area (Å²) >= 11 is 5.84. The van der Waals surface area contributed by atoms with Gasteiger partial charge in [-0.3, -0.25) is 0 Å². The van der Waals surface area contributed by atoms with Crippen LogP contribution in [0.1, 0.15) is 25.7 Å². The van der Waals surface area contributed by atoms with E-state index in [4.69, 9.17) is 31.0 Å². The lowest BCUT2D eigenvalue weighted by molar-refractivity contribution is 0.263. The van der Waals surface area contributed by atoms with Crippen molar-refractivity contribution in [2.24, 2.45) is 0 Å². The molecule has 182 valence electrons. The van der Waals surface area contributed by atoms with Crippen LogP contribution in [-0.4, -0.2) is 98.8 Å². The smallest absolute Gasteiger partial charge is 0.227 e. The van der Waals surface area contributed by atoms with Gasteiger partial charge in [0.2, 0.25) is 5.95 Å². The maximum Gasteiger partial charge on any atom is 0.227 e. The van der Waals surface area contributed by atoms with E-state index in [9.17, 15) is 0 Å². The molecule has 2 fully saturated rings. The molecule has 4 rings (SSSR count). The van der Waals surface area contributed by atoms with Crippen LogP contribution in [0.15, 0.2) is 12.1 Å². The molecule has 0 amide bonds. The summed E-state index contributed by atoms with van der Waals surface area (Å²) in [6, 6.07) is 4.38. The summed E-state index contributed by atoms with van der Waals surface area (Å²) in [6.07, 6.45) is 4.08. The number of anilines is 2. The van der Waals surface area contributed by atoms with Gasteiger partial charge in [-0.05, 0) is 65.5 Å². The molecule has 0 unspecified atom stereocenters. The zero-order valence-corrected chi connectivity index (χ0v) is 20.9. The molecule has 0 atom stereocenters. The fourth-order valence-corrected chi connectivity index (χ4v) is 4.59. The van der Waals surface area contributed by atoms with Crippen LogP contribution in [-0.2, 0) is 0 Å². The van der Waals surface area contributed by atoms with Gasteiger partial charge in [-0.15, -0.1) is 11.6 Å². The first-order valence-corrected chi connectivity index (χ1v) is 12.6. The van der Waals surface area contributed by atoms with Crippen molar-refractivity contribution in [2.75, 3.05) is 83.2 Å². The van der Waals surface area contributed by atoms with Gasteiger partial charge in [0.25, 0.3) is 0 Å². The first kappa shape index (κ1) is 24.1. The number of likely N-dealkylation sites (N-methyl/N-ethyl adjacent to an activating group) is 1. The Morgan fingerprint density at radius 3 is 2.55 bits per heavy atom. The fourth-order valence-electron chi connectivity index (χ4n) is 4.48. The maximum absolute atomic E-state index is 5.98. The number of ether oxygens (including phenoxy) is 2. The number of aromatic nitrogens is 2. The molecule has 2 aromatic rings. The second-order valence-electron chi connectivity index (χ2n) is 9.15. The predicted octanol–water partition coefficient (Wildman–Crippen LogP) is 3.29. The highest BCUT2D eigenvalue weighted by atomic mass is 35.5. The lowest BCUT2D eigenvalue weighted by Crippen LogP contribution is -2.37. The van der Waals surface area contributed by atoms with E-state index in [2.05, 4.69) is 34.1 Å². The number of benzene rings is 1. The molecule has 0 saturated carbocycles. The minimum Gasteiger partial charge on any atom is -0.493 e. The zero-order valence-electron chi connectivity index (χ0n) is 20.1. The Balaban J connectivity index is 1.70. The first-order chi connectivity index (χ1) is 16.1. The van der Waals surface area contributed by atoms with Gasteiger partial charge >= 0.3 is 0 Å². The zero-order chi connectivity index (χ0) is 23.2. The number of halogens is 1. The van der Waals surface area contributed by atoms with Crippen LogP contribution in [0.5, 0.6) is 11.5 Å². The van der Waals surface area contributed by atoms with Gasteiger partial charge in [-0.1, -0.05) is 0 Å². The van der Waals surface area contributed by atoms with Gasteiger partial charge in [0, 0.05) is 43.0 Å². The largest absolute Gasteiger partial charge is 0.493 e. The molecule has 0 radical (unpaired) electrons. The Hall–Kier alpha value is -2.03. The lowest BCUT2D eigenvalue weighted by atomic mass is 10.1. The summed E-state index contributed by atoms with van der Waals surface area (Å²) in [4.78, 5) is 17.1. The van der Waals surface area contributed by atoms with Crippen molar-refractivity contribution in [2.45, 2.75) is 31.7 Å². The number of alkyl halides is 1. The normalized spacial score (nSPS) is 19.0. The predicted molar refractivity (Wildman–Crippen MR) is 135 cm³/mol. The molecular formula is C24H37ClN6O2. The molecule has 1 aromatic carbocycles. The van der Waals surface area contributed by atoms with E-state index in [0.29, 0.717) is 30.0 Å². The van der Waals surface area contributed by atoms with Crippen LogP contribution < -0.4 is 19.7 Å². The summed E-state index contributed by atoms with van der Waals surface area (Å²) in [5, 5.41) is 4.71. The third kappa shape index (κ3) is 6.11. The van der Waals surface area contributed by atoms with Crippen LogP contribution in [0.4, 0.5) is 11.8 Å². The van der Waals surface area contributed by atoms with E-state index in [1.165, 1.54) is 0 Å². The number of nitrogens with zero attached hydrogens (tertiary/aromatic N) is 5. The number of hydrogen-bond acceptors (Lipinski definition) is 8. The Kier molecular flexibility index (Phi) is 8.33. The van der Waals surface area contributed by atoms with Gasteiger partial charge in [-0.2, -0.15) is 4.98 Å². The van der Waals surface area contributed by atoms with Crippen molar-refractivity contribution in [3.8, 4) is 11.5 Å². The number of fused-ring (bicyclic) bond motifs is 1. The summed E-state index contributed by atoms with van der Waals surface area (Å²) in [5.41, 5.74) is 0.870. The fraction of sp³-hybridized carbons (Fsp3) is 0.667. The SMILES string of the molecule is COc1cc2c(NC3CCN(C)CC3)nc(N3CCCN(C)CC3)nc2cc1OCCCCl. The topological polar surface area (TPSA) is 66.0 Å². The molecular weight excluding hydrogens is 440 g/mol.